The highest BCUT2D eigenvalue weighted by atomic mass is 79.9. The zero-order valence-corrected chi connectivity index (χ0v) is 11.4. The largest absolute Gasteiger partial charge is 0.351 e. The van der Waals surface area contributed by atoms with Crippen molar-refractivity contribution in [1.29, 1.82) is 0 Å². The van der Waals surface area contributed by atoms with Gasteiger partial charge in [-0.1, -0.05) is 0 Å². The van der Waals surface area contributed by atoms with Gasteiger partial charge in [0.2, 0.25) is 0 Å². The van der Waals surface area contributed by atoms with E-state index < -0.39 is 4.92 Å². The SMILES string of the molecule is O=C(NCc1sccc1Br)c1cc([N+](=O)[O-])c[nH]1. The van der Waals surface area contributed by atoms with Crippen molar-refractivity contribution in [3.8, 4) is 0 Å². The van der Waals surface area contributed by atoms with Crippen molar-refractivity contribution in [2.24, 2.45) is 0 Å². The van der Waals surface area contributed by atoms with Crippen LogP contribution in [0.2, 0.25) is 0 Å². The molecule has 0 aliphatic rings. The first kappa shape index (κ1) is 12.8. The second-order valence-corrected chi connectivity index (χ2v) is 5.26. The second kappa shape index (κ2) is 5.32. The van der Waals surface area contributed by atoms with Crippen molar-refractivity contribution in [3.63, 3.8) is 0 Å². The fraction of sp³-hybridized carbons (Fsp3) is 0.100. The van der Waals surface area contributed by atoms with Crippen molar-refractivity contribution in [3.05, 3.63) is 48.9 Å². The van der Waals surface area contributed by atoms with Gasteiger partial charge in [-0.15, -0.1) is 11.3 Å². The number of carbonyl (C=O) groups excluding carboxylic acids is 1. The van der Waals surface area contributed by atoms with E-state index in [1.165, 1.54) is 23.6 Å². The number of nitrogens with zero attached hydrogens (tertiary/aromatic N) is 1. The molecule has 6 nitrogen and oxygen atoms in total. The van der Waals surface area contributed by atoms with Crippen LogP contribution in [0.5, 0.6) is 0 Å². The molecule has 0 bridgehead atoms. The monoisotopic (exact) mass is 329 g/mol. The predicted octanol–water partition coefficient (Wildman–Crippen LogP) is 2.68. The normalized spacial score (nSPS) is 10.3. The van der Waals surface area contributed by atoms with Crippen LogP contribution in [-0.2, 0) is 6.54 Å². The number of H-pyrrole nitrogens is 1. The van der Waals surface area contributed by atoms with E-state index in [9.17, 15) is 14.9 Å². The number of nitro groups is 1. The molecule has 2 N–H and O–H groups in total. The Balaban J connectivity index is 1.99. The Morgan fingerprint density at radius 2 is 2.39 bits per heavy atom. The number of halogens is 1. The number of aromatic amines is 1. The first-order chi connectivity index (χ1) is 8.58. The van der Waals surface area contributed by atoms with Gasteiger partial charge in [-0.3, -0.25) is 14.9 Å². The number of aromatic nitrogens is 1. The summed E-state index contributed by atoms with van der Waals surface area (Å²) < 4.78 is 0.935. The summed E-state index contributed by atoms with van der Waals surface area (Å²) in [7, 11) is 0. The first-order valence-electron chi connectivity index (χ1n) is 4.91. The highest BCUT2D eigenvalue weighted by Crippen LogP contribution is 2.22. The van der Waals surface area contributed by atoms with Crippen LogP contribution in [0.4, 0.5) is 5.69 Å². The van der Waals surface area contributed by atoms with Gasteiger partial charge in [0, 0.05) is 15.4 Å². The summed E-state index contributed by atoms with van der Waals surface area (Å²) in [4.78, 5) is 25.2. The van der Waals surface area contributed by atoms with Gasteiger partial charge in [-0.25, -0.2) is 0 Å². The van der Waals surface area contributed by atoms with Crippen LogP contribution in [0.1, 0.15) is 15.4 Å². The van der Waals surface area contributed by atoms with Crippen LogP contribution in [-0.4, -0.2) is 15.8 Å². The Kier molecular flexibility index (Phi) is 3.78. The van der Waals surface area contributed by atoms with E-state index in [0.717, 1.165) is 9.35 Å². The molecule has 0 unspecified atom stereocenters. The molecule has 0 fully saturated rings. The third-order valence-corrected chi connectivity index (χ3v) is 4.15. The molecule has 0 saturated heterocycles. The number of nitrogens with one attached hydrogen (secondary N) is 2. The molecule has 2 rings (SSSR count). The molecule has 1 amide bonds. The van der Waals surface area contributed by atoms with Gasteiger partial charge >= 0.3 is 0 Å². The standard InChI is InChI=1S/C10H8BrN3O3S/c11-7-1-2-18-9(7)5-13-10(15)8-3-6(4-12-8)14(16)17/h1-4,12H,5H2,(H,13,15). The lowest BCUT2D eigenvalue weighted by molar-refractivity contribution is -0.384. The molecule has 8 heteroatoms. The van der Waals surface area contributed by atoms with Crippen molar-refractivity contribution in [1.82, 2.24) is 10.3 Å². The maximum atomic E-state index is 11.7. The average Bonchev–Trinajstić information content (AvgIpc) is 2.94. The fourth-order valence-corrected chi connectivity index (χ4v) is 2.76. The van der Waals surface area contributed by atoms with E-state index in [2.05, 4.69) is 26.2 Å². The van der Waals surface area contributed by atoms with Crippen LogP contribution in [0.15, 0.2) is 28.2 Å². The summed E-state index contributed by atoms with van der Waals surface area (Å²) in [6.07, 6.45) is 1.19. The molecular formula is C10H8BrN3O3S. The maximum Gasteiger partial charge on any atom is 0.287 e. The van der Waals surface area contributed by atoms with E-state index in [1.807, 2.05) is 11.4 Å². The van der Waals surface area contributed by atoms with Gasteiger partial charge in [0.05, 0.1) is 17.7 Å². The molecular weight excluding hydrogens is 322 g/mol. The molecule has 18 heavy (non-hydrogen) atoms. The molecule has 2 heterocycles. The van der Waals surface area contributed by atoms with E-state index in [1.54, 1.807) is 0 Å². The van der Waals surface area contributed by atoms with Crippen molar-refractivity contribution in [2.45, 2.75) is 6.54 Å². The summed E-state index contributed by atoms with van der Waals surface area (Å²) in [5, 5.41) is 15.1. The van der Waals surface area contributed by atoms with Gasteiger partial charge in [-0.05, 0) is 27.4 Å². The van der Waals surface area contributed by atoms with Crippen LogP contribution >= 0.6 is 27.3 Å². The number of carbonyl (C=O) groups is 1. The molecule has 0 saturated carbocycles. The van der Waals surface area contributed by atoms with Gasteiger partial charge < -0.3 is 10.3 Å². The Morgan fingerprint density at radius 3 is 2.94 bits per heavy atom. The van der Waals surface area contributed by atoms with E-state index in [4.69, 9.17) is 0 Å². The highest BCUT2D eigenvalue weighted by molar-refractivity contribution is 9.10. The van der Waals surface area contributed by atoms with Crippen LogP contribution < -0.4 is 5.32 Å². The van der Waals surface area contributed by atoms with Crippen LogP contribution in [0, 0.1) is 10.1 Å². The smallest absolute Gasteiger partial charge is 0.287 e. The Bertz CT molecular complexity index is 593. The topological polar surface area (TPSA) is 88.0 Å². The zero-order chi connectivity index (χ0) is 13.1. The third kappa shape index (κ3) is 2.77. The Morgan fingerprint density at radius 1 is 1.61 bits per heavy atom. The van der Waals surface area contributed by atoms with Crippen LogP contribution in [0.3, 0.4) is 0 Å². The van der Waals surface area contributed by atoms with E-state index in [-0.39, 0.29) is 17.3 Å². The van der Waals surface area contributed by atoms with Crippen molar-refractivity contribution in [2.75, 3.05) is 0 Å². The number of hydrogen-bond donors (Lipinski definition) is 2. The summed E-state index contributed by atoms with van der Waals surface area (Å²) >= 11 is 4.87. The number of hydrogen-bond acceptors (Lipinski definition) is 4. The molecule has 0 aliphatic heterocycles. The molecule has 0 aliphatic carbocycles. The lowest BCUT2D eigenvalue weighted by atomic mass is 10.3. The number of thiophene rings is 1. The number of amides is 1. The number of rotatable bonds is 4. The van der Waals surface area contributed by atoms with E-state index in [0.29, 0.717) is 6.54 Å². The quantitative estimate of drug-likeness (QED) is 0.667. The van der Waals surface area contributed by atoms with Crippen LogP contribution in [0.25, 0.3) is 0 Å². The molecule has 0 atom stereocenters. The summed E-state index contributed by atoms with van der Waals surface area (Å²) in [6, 6.07) is 3.10. The third-order valence-electron chi connectivity index (χ3n) is 2.22. The van der Waals surface area contributed by atoms with Crippen molar-refractivity contribution >= 4 is 38.9 Å². The van der Waals surface area contributed by atoms with Gasteiger partial charge in [0.15, 0.2) is 0 Å². The first-order valence-corrected chi connectivity index (χ1v) is 6.58. The average molecular weight is 330 g/mol. The minimum atomic E-state index is -0.552. The summed E-state index contributed by atoms with van der Waals surface area (Å²) in [5.41, 5.74) is 0.0480. The minimum absolute atomic E-state index is 0.127. The molecule has 2 aromatic rings. The predicted molar refractivity (Wildman–Crippen MR) is 70.6 cm³/mol. The zero-order valence-electron chi connectivity index (χ0n) is 8.97. The summed E-state index contributed by atoms with van der Waals surface area (Å²) in [6.45, 7) is 0.379. The lowest BCUT2D eigenvalue weighted by Crippen LogP contribution is -2.22. The Labute approximate surface area is 114 Å². The highest BCUT2D eigenvalue weighted by Gasteiger charge is 2.14. The summed E-state index contributed by atoms with van der Waals surface area (Å²) in [5.74, 6) is -0.372. The molecule has 0 aromatic carbocycles. The maximum absolute atomic E-state index is 11.7. The fourth-order valence-electron chi connectivity index (χ4n) is 1.33. The molecule has 0 radical (unpaired) electrons. The molecule has 0 spiro atoms. The van der Waals surface area contributed by atoms with Gasteiger partial charge in [0.1, 0.15) is 5.69 Å². The second-order valence-electron chi connectivity index (χ2n) is 3.40. The Hall–Kier alpha value is -1.67. The lowest BCUT2D eigenvalue weighted by Gasteiger charge is -2.01. The molecule has 2 aromatic heterocycles. The minimum Gasteiger partial charge on any atom is -0.351 e. The molecule has 94 valence electrons. The van der Waals surface area contributed by atoms with E-state index >= 15 is 0 Å². The van der Waals surface area contributed by atoms with Crippen molar-refractivity contribution < 1.29 is 9.72 Å². The van der Waals surface area contributed by atoms with Gasteiger partial charge in [-0.2, -0.15) is 0 Å². The van der Waals surface area contributed by atoms with Gasteiger partial charge in [0.25, 0.3) is 11.6 Å².